The topological polar surface area (TPSA) is 103 Å². The van der Waals surface area contributed by atoms with E-state index < -0.39 is 17.2 Å². The van der Waals surface area contributed by atoms with Crippen LogP contribution in [0.4, 0.5) is 5.95 Å². The Morgan fingerprint density at radius 2 is 1.88 bits per heavy atom. The molecule has 1 N–H and O–H groups in total. The van der Waals surface area contributed by atoms with Crippen LogP contribution in [0.15, 0.2) is 39.9 Å². The minimum absolute atomic E-state index is 0.0931. The van der Waals surface area contributed by atoms with Gasteiger partial charge in [-0.3, -0.25) is 23.3 Å². The smallest absolute Gasteiger partial charge is 0.333 e. The SMILES string of the molecule is CC#CCn1c(N2CCNCC2)nc2c1c(=O)n(C)c(=O)n2CC(=O)OCc1ccccc1. The maximum absolute atomic E-state index is 13.1. The van der Waals surface area contributed by atoms with Gasteiger partial charge in [-0.1, -0.05) is 36.3 Å². The molecule has 2 aromatic heterocycles. The number of hydrogen-bond donors (Lipinski definition) is 1. The first-order chi connectivity index (χ1) is 16.0. The molecule has 0 unspecified atom stereocenters. The molecule has 1 aliphatic heterocycles. The second-order valence-electron chi connectivity index (χ2n) is 7.71. The van der Waals surface area contributed by atoms with Crippen LogP contribution in [-0.4, -0.2) is 50.8 Å². The number of imidazole rings is 1. The van der Waals surface area contributed by atoms with Crippen LogP contribution in [0.1, 0.15) is 12.5 Å². The molecule has 4 rings (SSSR count). The van der Waals surface area contributed by atoms with Gasteiger partial charge in [0.15, 0.2) is 11.2 Å². The summed E-state index contributed by atoms with van der Waals surface area (Å²) < 4.78 is 9.28. The Morgan fingerprint density at radius 3 is 2.58 bits per heavy atom. The molecule has 172 valence electrons. The highest BCUT2D eigenvalue weighted by atomic mass is 16.5. The first-order valence-electron chi connectivity index (χ1n) is 10.8. The number of carbonyl (C=O) groups is 1. The average molecular weight is 450 g/mol. The quantitative estimate of drug-likeness (QED) is 0.419. The van der Waals surface area contributed by atoms with Crippen molar-refractivity contribution in [2.45, 2.75) is 26.6 Å². The predicted molar refractivity (Wildman–Crippen MR) is 124 cm³/mol. The Hall–Kier alpha value is -3.84. The Labute approximate surface area is 190 Å². The van der Waals surface area contributed by atoms with Crippen LogP contribution < -0.4 is 21.5 Å². The molecule has 33 heavy (non-hydrogen) atoms. The molecule has 0 spiro atoms. The second-order valence-corrected chi connectivity index (χ2v) is 7.71. The molecule has 1 aromatic carbocycles. The van der Waals surface area contributed by atoms with Gasteiger partial charge in [0.05, 0.1) is 6.54 Å². The Kier molecular flexibility index (Phi) is 6.60. The number of nitrogens with zero attached hydrogens (tertiary/aromatic N) is 5. The fourth-order valence-electron chi connectivity index (χ4n) is 3.81. The zero-order valence-electron chi connectivity index (χ0n) is 18.7. The van der Waals surface area contributed by atoms with Crippen molar-refractivity contribution in [1.82, 2.24) is 24.0 Å². The van der Waals surface area contributed by atoms with Crippen LogP contribution in [-0.2, 0) is 36.3 Å². The lowest BCUT2D eigenvalue weighted by Gasteiger charge is -2.28. The molecular formula is C23H26N6O4. The summed E-state index contributed by atoms with van der Waals surface area (Å²) in [7, 11) is 1.39. The van der Waals surface area contributed by atoms with Crippen molar-refractivity contribution in [3.05, 3.63) is 56.7 Å². The molecule has 1 aliphatic rings. The van der Waals surface area contributed by atoms with Crippen LogP contribution >= 0.6 is 0 Å². The normalized spacial score (nSPS) is 13.6. The van der Waals surface area contributed by atoms with Gasteiger partial charge in [0, 0.05) is 33.2 Å². The molecular weight excluding hydrogens is 424 g/mol. The molecule has 0 aliphatic carbocycles. The van der Waals surface area contributed by atoms with Crippen molar-refractivity contribution < 1.29 is 9.53 Å². The number of piperazine rings is 1. The van der Waals surface area contributed by atoms with E-state index in [4.69, 9.17) is 4.74 Å². The summed E-state index contributed by atoms with van der Waals surface area (Å²) in [6.07, 6.45) is 0. The summed E-state index contributed by atoms with van der Waals surface area (Å²) >= 11 is 0. The summed E-state index contributed by atoms with van der Waals surface area (Å²) in [5.74, 6) is 5.80. The molecule has 0 saturated carbocycles. The van der Waals surface area contributed by atoms with Crippen molar-refractivity contribution in [3.63, 3.8) is 0 Å². The highest BCUT2D eigenvalue weighted by Gasteiger charge is 2.25. The van der Waals surface area contributed by atoms with Gasteiger partial charge in [-0.2, -0.15) is 4.98 Å². The van der Waals surface area contributed by atoms with Gasteiger partial charge in [-0.15, -0.1) is 5.92 Å². The van der Waals surface area contributed by atoms with E-state index in [-0.39, 0.29) is 30.9 Å². The summed E-state index contributed by atoms with van der Waals surface area (Å²) in [5.41, 5.74) is 0.139. The van der Waals surface area contributed by atoms with Crippen LogP contribution in [0.2, 0.25) is 0 Å². The molecule has 1 fully saturated rings. The first-order valence-corrected chi connectivity index (χ1v) is 10.8. The van der Waals surface area contributed by atoms with Gasteiger partial charge in [0.2, 0.25) is 5.95 Å². The van der Waals surface area contributed by atoms with E-state index in [1.54, 1.807) is 11.5 Å². The largest absolute Gasteiger partial charge is 0.459 e. The third kappa shape index (κ3) is 4.54. The zero-order valence-corrected chi connectivity index (χ0v) is 18.7. The minimum atomic E-state index is -0.623. The Morgan fingerprint density at radius 1 is 1.15 bits per heavy atom. The van der Waals surface area contributed by atoms with Crippen LogP contribution in [0, 0.1) is 11.8 Å². The fourth-order valence-corrected chi connectivity index (χ4v) is 3.81. The first kappa shape index (κ1) is 22.4. The Bertz CT molecular complexity index is 1340. The number of hydrogen-bond acceptors (Lipinski definition) is 7. The maximum Gasteiger partial charge on any atom is 0.333 e. The maximum atomic E-state index is 13.1. The van der Waals surface area contributed by atoms with Crippen molar-refractivity contribution in [3.8, 4) is 11.8 Å². The van der Waals surface area contributed by atoms with Gasteiger partial charge >= 0.3 is 11.7 Å². The van der Waals surface area contributed by atoms with Crippen molar-refractivity contribution in [2.75, 3.05) is 31.1 Å². The average Bonchev–Trinajstić information content (AvgIpc) is 3.23. The molecule has 10 heteroatoms. The summed E-state index contributed by atoms with van der Waals surface area (Å²) in [6, 6.07) is 9.28. The van der Waals surface area contributed by atoms with E-state index in [1.807, 2.05) is 30.3 Å². The van der Waals surface area contributed by atoms with E-state index in [1.165, 1.54) is 11.6 Å². The van der Waals surface area contributed by atoms with Crippen LogP contribution in [0.5, 0.6) is 0 Å². The van der Waals surface area contributed by atoms with Gasteiger partial charge in [-0.05, 0) is 12.5 Å². The summed E-state index contributed by atoms with van der Waals surface area (Å²) in [4.78, 5) is 45.3. The highest BCUT2D eigenvalue weighted by molar-refractivity contribution is 5.77. The van der Waals surface area contributed by atoms with Gasteiger partial charge in [0.1, 0.15) is 13.2 Å². The van der Waals surface area contributed by atoms with E-state index in [0.717, 1.165) is 23.2 Å². The summed E-state index contributed by atoms with van der Waals surface area (Å²) in [6.45, 7) is 4.67. The Balaban J connectivity index is 1.76. The zero-order chi connectivity index (χ0) is 23.4. The molecule has 0 radical (unpaired) electrons. The lowest BCUT2D eigenvalue weighted by molar-refractivity contribution is -0.145. The van der Waals surface area contributed by atoms with Gasteiger partial charge in [0.25, 0.3) is 5.56 Å². The number of ether oxygens (including phenoxy) is 1. The number of aromatic nitrogens is 4. The molecule has 0 atom stereocenters. The van der Waals surface area contributed by atoms with Gasteiger partial charge in [-0.25, -0.2) is 4.79 Å². The standard InChI is InChI=1S/C23H26N6O4/c1-3-4-12-28-19-20(25-22(28)27-13-10-24-11-14-27)29(23(32)26(2)21(19)31)15-18(30)33-16-17-8-6-5-7-9-17/h5-9,24H,10-16H2,1-2H3. The highest BCUT2D eigenvalue weighted by Crippen LogP contribution is 2.20. The number of rotatable bonds is 6. The summed E-state index contributed by atoms with van der Waals surface area (Å²) in [5, 5.41) is 3.29. The minimum Gasteiger partial charge on any atom is -0.459 e. The molecule has 0 bridgehead atoms. The third-order valence-electron chi connectivity index (χ3n) is 5.55. The molecule has 3 heterocycles. The van der Waals surface area contributed by atoms with Crippen molar-refractivity contribution >= 4 is 23.1 Å². The van der Waals surface area contributed by atoms with E-state index in [9.17, 15) is 14.4 Å². The second kappa shape index (κ2) is 9.75. The number of carbonyl (C=O) groups excluding carboxylic acids is 1. The predicted octanol–water partition coefficient (Wildman–Crippen LogP) is 0.0730. The number of anilines is 1. The van der Waals surface area contributed by atoms with E-state index >= 15 is 0 Å². The number of benzene rings is 1. The number of fused-ring (bicyclic) bond motifs is 1. The van der Waals surface area contributed by atoms with Gasteiger partial charge < -0.3 is 15.0 Å². The number of esters is 1. The molecule has 3 aromatic rings. The van der Waals surface area contributed by atoms with Crippen LogP contribution in [0.25, 0.3) is 11.2 Å². The monoisotopic (exact) mass is 450 g/mol. The van der Waals surface area contributed by atoms with Crippen LogP contribution in [0.3, 0.4) is 0 Å². The van der Waals surface area contributed by atoms with E-state index in [2.05, 4.69) is 27.0 Å². The fraction of sp³-hybridized carbons (Fsp3) is 0.391. The third-order valence-corrected chi connectivity index (χ3v) is 5.55. The number of nitrogens with one attached hydrogen (secondary N) is 1. The molecule has 1 saturated heterocycles. The molecule has 0 amide bonds. The van der Waals surface area contributed by atoms with E-state index in [0.29, 0.717) is 19.0 Å². The molecule has 10 nitrogen and oxygen atoms in total. The lowest BCUT2D eigenvalue weighted by Crippen LogP contribution is -2.44. The lowest BCUT2D eigenvalue weighted by atomic mass is 10.2. The van der Waals surface area contributed by atoms with Crippen molar-refractivity contribution in [2.24, 2.45) is 7.05 Å². The van der Waals surface area contributed by atoms with Crippen molar-refractivity contribution in [1.29, 1.82) is 0 Å².